The van der Waals surface area contributed by atoms with Crippen molar-refractivity contribution in [3.05, 3.63) is 181 Å². The Morgan fingerprint density at radius 3 is 1.53 bits per heavy atom. The standard InChI is InChI=1S/C46H30O/c1-4-15-31(16-5-1)34-21-14-22-36(29-34)46-45(41-28-27-35(30-42(41)47-46)32-17-6-2-7-18-32)44-39-25-12-10-23-37(39)43(33-19-8-3-9-20-33)38-24-11-13-26-40(38)44/h1-30H/i1D,2D,4D,5D,6D,7D,10D,11D,12D,13D,15D,16D,17D,18D,23D,24D,25D,26D,27D,28D,30D. The molecule has 1 heteroatoms. The second-order valence-corrected chi connectivity index (χ2v) is 10.5. The first-order chi connectivity index (χ1) is 32.1. The molecule has 0 N–H and O–H groups in total. The van der Waals surface area contributed by atoms with Gasteiger partial charge in [-0.1, -0.05) is 163 Å². The van der Waals surface area contributed by atoms with Crippen LogP contribution in [-0.4, -0.2) is 0 Å². The summed E-state index contributed by atoms with van der Waals surface area (Å²) in [4.78, 5) is 0. The van der Waals surface area contributed by atoms with Gasteiger partial charge < -0.3 is 4.42 Å². The van der Waals surface area contributed by atoms with Crippen molar-refractivity contribution in [2.45, 2.75) is 0 Å². The van der Waals surface area contributed by atoms with E-state index in [4.69, 9.17) is 23.6 Å². The summed E-state index contributed by atoms with van der Waals surface area (Å²) in [5.41, 5.74) is -2.28. The van der Waals surface area contributed by atoms with Gasteiger partial charge in [0.25, 0.3) is 0 Å². The Hall–Kier alpha value is -6.18. The number of rotatable bonds is 5. The topological polar surface area (TPSA) is 13.1 Å². The van der Waals surface area contributed by atoms with Crippen molar-refractivity contribution in [2.24, 2.45) is 0 Å². The van der Waals surface area contributed by atoms with Crippen LogP contribution in [0.15, 0.2) is 186 Å². The van der Waals surface area contributed by atoms with Gasteiger partial charge in [-0.3, -0.25) is 0 Å². The molecule has 9 aromatic rings. The van der Waals surface area contributed by atoms with Crippen molar-refractivity contribution >= 4 is 32.5 Å². The van der Waals surface area contributed by atoms with Gasteiger partial charge in [0, 0.05) is 22.1 Å². The SMILES string of the molecule is [2H]c1c([2H])c([2H])c(-c2cccc(-c3oc4c([2H])c(-c5c([2H])c([2H])c([2H])c([2H])c5[2H])c([2H])c([2H])c4c3-c3c4c([2H])c([2H])c([2H])c([2H])c4c(-c4ccccc4)c4c([2H])c([2H])c([2H])c([2H])c34)c2)c([2H])c1[2H]. The molecule has 0 spiro atoms. The smallest absolute Gasteiger partial charge is 0.143 e. The Morgan fingerprint density at radius 2 is 0.894 bits per heavy atom. The molecule has 220 valence electrons. The lowest BCUT2D eigenvalue weighted by molar-refractivity contribution is 0.632. The molecular formula is C46H30O. The van der Waals surface area contributed by atoms with Crippen molar-refractivity contribution in [2.75, 3.05) is 0 Å². The third-order valence-corrected chi connectivity index (χ3v) is 7.81. The molecule has 0 unspecified atom stereocenters. The summed E-state index contributed by atoms with van der Waals surface area (Å²) in [6.45, 7) is 0. The molecule has 0 aliphatic carbocycles. The quantitative estimate of drug-likeness (QED) is 0.175. The number of fused-ring (bicyclic) bond motifs is 3. The summed E-state index contributed by atoms with van der Waals surface area (Å²) < 4.78 is 193. The fraction of sp³-hybridized carbons (Fsp3) is 0. The van der Waals surface area contributed by atoms with E-state index in [1.54, 1.807) is 30.3 Å². The summed E-state index contributed by atoms with van der Waals surface area (Å²) in [5.74, 6) is -0.344. The summed E-state index contributed by atoms with van der Waals surface area (Å²) in [5, 5.41) is -1.45. The Labute approximate surface area is 303 Å². The maximum absolute atomic E-state index is 9.67. The van der Waals surface area contributed by atoms with Gasteiger partial charge in [-0.2, -0.15) is 0 Å². The molecule has 0 atom stereocenters. The highest BCUT2D eigenvalue weighted by atomic mass is 16.3. The first kappa shape index (κ1) is 13.3. The first-order valence-corrected chi connectivity index (χ1v) is 14.4. The molecule has 0 fully saturated rings. The minimum atomic E-state index is -0.833. The average Bonchev–Trinajstić information content (AvgIpc) is 3.74. The van der Waals surface area contributed by atoms with Crippen molar-refractivity contribution in [1.29, 1.82) is 0 Å². The van der Waals surface area contributed by atoms with Crippen LogP contribution >= 0.6 is 0 Å². The van der Waals surface area contributed by atoms with E-state index in [2.05, 4.69) is 0 Å². The number of hydrogen-bond acceptors (Lipinski definition) is 1. The maximum Gasteiger partial charge on any atom is 0.143 e. The molecule has 47 heavy (non-hydrogen) atoms. The molecule has 0 radical (unpaired) electrons. The van der Waals surface area contributed by atoms with Crippen LogP contribution in [-0.2, 0) is 0 Å². The van der Waals surface area contributed by atoms with Crippen molar-refractivity contribution in [3.8, 4) is 55.8 Å². The second kappa shape index (κ2) is 11.3. The highest BCUT2D eigenvalue weighted by molar-refractivity contribution is 6.25. The van der Waals surface area contributed by atoms with E-state index in [1.807, 2.05) is 0 Å². The predicted molar refractivity (Wildman–Crippen MR) is 198 cm³/mol. The van der Waals surface area contributed by atoms with Crippen LogP contribution in [0.3, 0.4) is 0 Å². The largest absolute Gasteiger partial charge is 0.455 e. The summed E-state index contributed by atoms with van der Waals surface area (Å²) in [6.07, 6.45) is 0. The Kier molecular flexibility index (Phi) is 3.20. The number of benzene rings is 8. The molecule has 1 nitrogen and oxygen atoms in total. The van der Waals surface area contributed by atoms with Crippen LogP contribution in [0.2, 0.25) is 0 Å². The Bertz CT molecular complexity index is 3610. The van der Waals surface area contributed by atoms with Crippen LogP contribution in [0.25, 0.3) is 88.3 Å². The second-order valence-electron chi connectivity index (χ2n) is 10.5. The van der Waals surface area contributed by atoms with E-state index in [-0.39, 0.29) is 60.7 Å². The predicted octanol–water partition coefficient (Wildman–Crippen LogP) is 13.1. The molecule has 1 heterocycles. The lowest BCUT2D eigenvalue weighted by Crippen LogP contribution is -1.91. The summed E-state index contributed by atoms with van der Waals surface area (Å²) >= 11 is 0. The van der Waals surface area contributed by atoms with Gasteiger partial charge in [-0.05, 0) is 73.1 Å². The van der Waals surface area contributed by atoms with Crippen molar-refractivity contribution < 1.29 is 33.2 Å². The van der Waals surface area contributed by atoms with Gasteiger partial charge in [-0.25, -0.2) is 0 Å². The molecule has 0 aliphatic heterocycles. The van der Waals surface area contributed by atoms with Gasteiger partial charge in [0.2, 0.25) is 0 Å². The van der Waals surface area contributed by atoms with E-state index in [0.717, 1.165) is 0 Å². The van der Waals surface area contributed by atoms with Gasteiger partial charge in [-0.15, -0.1) is 0 Å². The molecular weight excluding hydrogens is 569 g/mol. The monoisotopic (exact) mass is 619 g/mol. The maximum atomic E-state index is 9.67. The highest BCUT2D eigenvalue weighted by Gasteiger charge is 2.24. The molecule has 0 aliphatic rings. The normalized spacial score (nSPS) is 17.7. The fourth-order valence-corrected chi connectivity index (χ4v) is 5.83. The van der Waals surface area contributed by atoms with Crippen LogP contribution in [0.1, 0.15) is 28.8 Å². The van der Waals surface area contributed by atoms with Crippen LogP contribution in [0.5, 0.6) is 0 Å². The van der Waals surface area contributed by atoms with E-state index in [1.165, 1.54) is 24.3 Å². The highest BCUT2D eigenvalue weighted by Crippen LogP contribution is 2.50. The molecule has 0 bridgehead atoms. The zero-order valence-electron chi connectivity index (χ0n) is 45.1. The minimum absolute atomic E-state index is 0.00724. The van der Waals surface area contributed by atoms with Gasteiger partial charge >= 0.3 is 0 Å². The minimum Gasteiger partial charge on any atom is -0.455 e. The first-order valence-electron chi connectivity index (χ1n) is 24.9. The van der Waals surface area contributed by atoms with Crippen molar-refractivity contribution in [3.63, 3.8) is 0 Å². The van der Waals surface area contributed by atoms with Gasteiger partial charge in [0.15, 0.2) is 0 Å². The molecule has 0 amide bonds. The molecule has 0 saturated heterocycles. The Morgan fingerprint density at radius 1 is 0.362 bits per heavy atom. The van der Waals surface area contributed by atoms with E-state index >= 15 is 0 Å². The van der Waals surface area contributed by atoms with Gasteiger partial charge in [0.1, 0.15) is 11.3 Å². The van der Waals surface area contributed by atoms with E-state index in [0.29, 0.717) is 5.56 Å². The zero-order valence-corrected chi connectivity index (χ0v) is 24.1. The Balaban J connectivity index is 1.59. The van der Waals surface area contributed by atoms with Crippen molar-refractivity contribution in [1.82, 2.24) is 0 Å². The zero-order chi connectivity index (χ0) is 49.4. The molecule has 8 aromatic carbocycles. The number of hydrogen-bond donors (Lipinski definition) is 0. The molecule has 9 rings (SSSR count). The van der Waals surface area contributed by atoms with E-state index in [9.17, 15) is 9.60 Å². The lowest BCUT2D eigenvalue weighted by Gasteiger charge is -2.18. The molecule has 0 saturated carbocycles. The third-order valence-electron chi connectivity index (χ3n) is 7.81. The third kappa shape index (κ3) is 4.64. The van der Waals surface area contributed by atoms with E-state index < -0.39 is 149 Å². The average molecular weight is 620 g/mol. The lowest BCUT2D eigenvalue weighted by atomic mass is 9.84. The summed E-state index contributed by atoms with van der Waals surface area (Å²) in [6, 6.07) is -1.04. The summed E-state index contributed by atoms with van der Waals surface area (Å²) in [7, 11) is 0. The fourth-order valence-electron chi connectivity index (χ4n) is 5.83. The number of furan rings is 1. The van der Waals surface area contributed by atoms with Crippen LogP contribution in [0, 0.1) is 0 Å². The van der Waals surface area contributed by atoms with Crippen LogP contribution in [0.4, 0.5) is 0 Å². The van der Waals surface area contributed by atoms with Gasteiger partial charge in [0.05, 0.1) is 28.8 Å². The molecule has 1 aromatic heterocycles. The van der Waals surface area contributed by atoms with Crippen LogP contribution < -0.4 is 0 Å².